The van der Waals surface area contributed by atoms with E-state index in [4.69, 9.17) is 23.5 Å². The van der Waals surface area contributed by atoms with Crippen LogP contribution < -0.4 is 19.5 Å². The standard InChI is InChI=1S/C32H42FN3O6/c1-38-27-20-24(21-28(39-2)30(27)40-3)34-31(37)41-18-14-32(11-5-4-6-12-32)13-17-36-15-9-22(10-16-36)29-25-8-7-23(33)19-26(25)42-35-29/h7-8,19-22H,4-6,9-18H2,1-3H3,(H,34,37). The van der Waals surface area contributed by atoms with Gasteiger partial charge >= 0.3 is 6.09 Å². The zero-order valence-electron chi connectivity index (χ0n) is 24.9. The van der Waals surface area contributed by atoms with Crippen molar-refractivity contribution in [3.05, 3.63) is 41.8 Å². The third kappa shape index (κ3) is 6.91. The van der Waals surface area contributed by atoms with Crippen LogP contribution in [0, 0.1) is 11.2 Å². The lowest BCUT2D eigenvalue weighted by molar-refractivity contribution is 0.0832. The van der Waals surface area contributed by atoms with Crippen LogP contribution in [0.4, 0.5) is 14.9 Å². The highest BCUT2D eigenvalue weighted by Gasteiger charge is 2.33. The number of aromatic nitrogens is 1. The van der Waals surface area contributed by atoms with Crippen molar-refractivity contribution in [3.63, 3.8) is 0 Å². The second kappa shape index (κ2) is 13.6. The lowest BCUT2D eigenvalue weighted by atomic mass is 9.69. The Morgan fingerprint density at radius 2 is 1.74 bits per heavy atom. The van der Waals surface area contributed by atoms with Crippen LogP contribution >= 0.6 is 0 Å². The highest BCUT2D eigenvalue weighted by atomic mass is 19.1. The first-order chi connectivity index (χ1) is 20.4. The Balaban J connectivity index is 1.11. The number of nitrogens with zero attached hydrogens (tertiary/aromatic N) is 2. The van der Waals surface area contributed by atoms with Crippen molar-refractivity contribution < 1.29 is 32.7 Å². The monoisotopic (exact) mass is 583 g/mol. The third-order valence-corrected chi connectivity index (χ3v) is 9.09. The molecule has 1 amide bonds. The average Bonchev–Trinajstić information content (AvgIpc) is 3.43. The van der Waals surface area contributed by atoms with Gasteiger partial charge in [-0.05, 0) is 75.7 Å². The summed E-state index contributed by atoms with van der Waals surface area (Å²) in [5.74, 6) is 1.41. The van der Waals surface area contributed by atoms with Gasteiger partial charge in [0.05, 0.1) is 39.3 Å². The third-order valence-electron chi connectivity index (χ3n) is 9.09. The molecule has 3 aromatic rings. The summed E-state index contributed by atoms with van der Waals surface area (Å²) in [6.07, 6.45) is 9.53. The summed E-state index contributed by atoms with van der Waals surface area (Å²) in [4.78, 5) is 15.2. The molecule has 0 bridgehead atoms. The number of halogens is 1. The number of benzene rings is 2. The van der Waals surface area contributed by atoms with Gasteiger partial charge in [-0.1, -0.05) is 24.4 Å². The van der Waals surface area contributed by atoms with E-state index >= 15 is 0 Å². The number of amides is 1. The van der Waals surface area contributed by atoms with Crippen molar-refractivity contribution in [2.75, 3.05) is 52.9 Å². The summed E-state index contributed by atoms with van der Waals surface area (Å²) < 4.78 is 40.7. The summed E-state index contributed by atoms with van der Waals surface area (Å²) in [6, 6.07) is 8.02. The first-order valence-corrected chi connectivity index (χ1v) is 14.9. The van der Waals surface area contributed by atoms with Crippen molar-refractivity contribution in [2.45, 2.75) is 63.7 Å². The Labute approximate surface area is 246 Å². The average molecular weight is 584 g/mol. The summed E-state index contributed by atoms with van der Waals surface area (Å²) in [7, 11) is 4.61. The molecule has 2 heterocycles. The Bertz CT molecular complexity index is 1320. The molecule has 10 heteroatoms. The van der Waals surface area contributed by atoms with Crippen molar-refractivity contribution in [3.8, 4) is 17.2 Å². The van der Waals surface area contributed by atoms with Crippen LogP contribution in [-0.2, 0) is 4.74 Å². The molecule has 2 fully saturated rings. The van der Waals surface area contributed by atoms with Gasteiger partial charge in [0.1, 0.15) is 5.82 Å². The van der Waals surface area contributed by atoms with Gasteiger partial charge in [0, 0.05) is 29.5 Å². The quantitative estimate of drug-likeness (QED) is 0.254. The molecule has 1 N–H and O–H groups in total. The number of likely N-dealkylation sites (tertiary alicyclic amines) is 1. The molecule has 0 unspecified atom stereocenters. The smallest absolute Gasteiger partial charge is 0.411 e. The minimum absolute atomic E-state index is 0.189. The van der Waals surface area contributed by atoms with E-state index in [1.54, 1.807) is 18.2 Å². The maximum atomic E-state index is 13.6. The van der Waals surface area contributed by atoms with E-state index in [2.05, 4.69) is 15.4 Å². The van der Waals surface area contributed by atoms with E-state index in [1.165, 1.54) is 65.6 Å². The Morgan fingerprint density at radius 3 is 2.40 bits per heavy atom. The van der Waals surface area contributed by atoms with Gasteiger partial charge in [-0.3, -0.25) is 5.32 Å². The van der Waals surface area contributed by atoms with Crippen LogP contribution in [0.3, 0.4) is 0 Å². The van der Waals surface area contributed by atoms with Crippen LogP contribution in [0.5, 0.6) is 17.2 Å². The highest BCUT2D eigenvalue weighted by molar-refractivity contribution is 5.86. The van der Waals surface area contributed by atoms with Gasteiger partial charge < -0.3 is 28.4 Å². The topological polar surface area (TPSA) is 95.3 Å². The van der Waals surface area contributed by atoms with Crippen molar-refractivity contribution >= 4 is 22.7 Å². The second-order valence-corrected chi connectivity index (χ2v) is 11.6. The van der Waals surface area contributed by atoms with Crippen molar-refractivity contribution in [1.82, 2.24) is 10.1 Å². The second-order valence-electron chi connectivity index (χ2n) is 11.6. The zero-order valence-corrected chi connectivity index (χ0v) is 24.9. The summed E-state index contributed by atoms with van der Waals surface area (Å²) in [6.45, 7) is 3.42. The largest absolute Gasteiger partial charge is 0.493 e. The molecule has 1 saturated carbocycles. The molecule has 1 aliphatic heterocycles. The van der Waals surface area contributed by atoms with E-state index in [9.17, 15) is 9.18 Å². The van der Waals surface area contributed by atoms with Crippen LogP contribution in [0.25, 0.3) is 11.0 Å². The van der Waals surface area contributed by atoms with E-state index in [1.807, 2.05) is 0 Å². The van der Waals surface area contributed by atoms with Gasteiger partial charge in [-0.2, -0.15) is 0 Å². The molecule has 5 rings (SSSR count). The number of hydrogen-bond donors (Lipinski definition) is 1. The van der Waals surface area contributed by atoms with Crippen LogP contribution in [-0.4, -0.2) is 63.7 Å². The number of methoxy groups -OCH3 is 3. The van der Waals surface area contributed by atoms with Gasteiger partial charge in [0.2, 0.25) is 5.75 Å². The molecule has 0 atom stereocenters. The predicted molar refractivity (Wildman–Crippen MR) is 158 cm³/mol. The minimum atomic E-state index is -0.500. The number of hydrogen-bond acceptors (Lipinski definition) is 8. The van der Waals surface area contributed by atoms with E-state index in [0.717, 1.165) is 56.4 Å². The molecule has 42 heavy (non-hydrogen) atoms. The van der Waals surface area contributed by atoms with Gasteiger partial charge in [0.25, 0.3) is 0 Å². The molecule has 228 valence electrons. The first kappa shape index (κ1) is 29.9. The maximum absolute atomic E-state index is 13.6. The number of carbonyl (C=O) groups excluding carboxylic acids is 1. The molecule has 0 radical (unpaired) electrons. The van der Waals surface area contributed by atoms with E-state index in [0.29, 0.717) is 41.0 Å². The summed E-state index contributed by atoms with van der Waals surface area (Å²) >= 11 is 0. The Kier molecular flexibility index (Phi) is 9.72. The zero-order chi connectivity index (χ0) is 29.5. The molecule has 0 spiro atoms. The first-order valence-electron chi connectivity index (χ1n) is 14.9. The Morgan fingerprint density at radius 1 is 1.02 bits per heavy atom. The van der Waals surface area contributed by atoms with Gasteiger partial charge in [-0.15, -0.1) is 0 Å². The van der Waals surface area contributed by atoms with Gasteiger partial charge in [0.15, 0.2) is 17.1 Å². The predicted octanol–water partition coefficient (Wildman–Crippen LogP) is 7.15. The highest BCUT2D eigenvalue weighted by Crippen LogP contribution is 2.43. The normalized spacial score (nSPS) is 17.6. The molecule has 2 aliphatic rings. The number of nitrogens with one attached hydrogen (secondary N) is 1. The molecular weight excluding hydrogens is 541 g/mol. The number of piperidine rings is 1. The molecular formula is C32H42FN3O6. The number of ether oxygens (including phenoxy) is 4. The summed E-state index contributed by atoms with van der Waals surface area (Å²) in [5, 5.41) is 8.00. The van der Waals surface area contributed by atoms with E-state index in [-0.39, 0.29) is 11.2 Å². The lowest BCUT2D eigenvalue weighted by Gasteiger charge is -2.40. The molecule has 1 aromatic heterocycles. The fourth-order valence-electron chi connectivity index (χ4n) is 6.64. The van der Waals surface area contributed by atoms with Crippen LogP contribution in [0.15, 0.2) is 34.9 Å². The van der Waals surface area contributed by atoms with Crippen LogP contribution in [0.2, 0.25) is 0 Å². The number of rotatable bonds is 11. The fraction of sp³-hybridized carbons (Fsp3) is 0.562. The number of anilines is 1. The Hall–Kier alpha value is -3.53. The van der Waals surface area contributed by atoms with E-state index < -0.39 is 6.09 Å². The molecule has 1 aliphatic carbocycles. The molecule has 1 saturated heterocycles. The molecule has 2 aromatic carbocycles. The number of fused-ring (bicyclic) bond motifs is 1. The van der Waals surface area contributed by atoms with Crippen molar-refractivity contribution in [1.29, 1.82) is 0 Å². The maximum Gasteiger partial charge on any atom is 0.411 e. The van der Waals surface area contributed by atoms with Crippen molar-refractivity contribution in [2.24, 2.45) is 5.41 Å². The van der Waals surface area contributed by atoms with Gasteiger partial charge in [-0.25, -0.2) is 9.18 Å². The lowest BCUT2D eigenvalue weighted by Crippen LogP contribution is -2.37. The minimum Gasteiger partial charge on any atom is -0.493 e. The number of carbonyl (C=O) groups is 1. The summed E-state index contributed by atoms with van der Waals surface area (Å²) in [5.41, 5.74) is 2.17. The molecule has 9 nitrogen and oxygen atoms in total. The SMILES string of the molecule is COc1cc(NC(=O)OCCC2(CCN3CCC(c4noc5cc(F)ccc45)CC3)CCCCC2)cc(OC)c1OC. The fourth-order valence-corrected chi connectivity index (χ4v) is 6.64. The van der Waals surface area contributed by atoms with Crippen LogP contribution in [0.1, 0.15) is 69.4 Å².